The molecule has 1 rings (SSSR count). The number of nitrogens with one attached hydrogen (secondary N) is 1. The summed E-state index contributed by atoms with van der Waals surface area (Å²) in [4.78, 5) is 13.7. The SMILES string of the molecule is CCNCC(C)C(=O)N(C)CCOc1cccc(F)c1. The minimum absolute atomic E-state index is 0.0610. The highest BCUT2D eigenvalue weighted by Crippen LogP contribution is 2.11. The second kappa shape index (κ2) is 8.53. The molecule has 0 aliphatic heterocycles. The molecule has 1 aromatic rings. The van der Waals surface area contributed by atoms with Gasteiger partial charge in [0.1, 0.15) is 18.2 Å². The summed E-state index contributed by atoms with van der Waals surface area (Å²) in [5.41, 5.74) is 0. The van der Waals surface area contributed by atoms with Gasteiger partial charge in [-0.25, -0.2) is 4.39 Å². The minimum atomic E-state index is -0.328. The van der Waals surface area contributed by atoms with Crippen molar-refractivity contribution in [1.82, 2.24) is 10.2 Å². The van der Waals surface area contributed by atoms with Crippen LogP contribution in [0.1, 0.15) is 13.8 Å². The van der Waals surface area contributed by atoms with E-state index < -0.39 is 0 Å². The predicted octanol–water partition coefficient (Wildman–Crippen LogP) is 1.91. The van der Waals surface area contributed by atoms with Crippen molar-refractivity contribution in [3.05, 3.63) is 30.1 Å². The highest BCUT2D eigenvalue weighted by molar-refractivity contribution is 5.78. The maximum atomic E-state index is 13.0. The van der Waals surface area contributed by atoms with Crippen LogP contribution in [0.3, 0.4) is 0 Å². The lowest BCUT2D eigenvalue weighted by Crippen LogP contribution is -2.38. The summed E-state index contributed by atoms with van der Waals surface area (Å²) in [6.45, 7) is 6.25. The Bertz CT molecular complexity index is 426. The van der Waals surface area contributed by atoms with E-state index in [1.165, 1.54) is 12.1 Å². The van der Waals surface area contributed by atoms with Crippen molar-refractivity contribution < 1.29 is 13.9 Å². The quantitative estimate of drug-likeness (QED) is 0.792. The molecule has 1 aromatic carbocycles. The first-order valence-electron chi connectivity index (χ1n) is 6.88. The van der Waals surface area contributed by atoms with Gasteiger partial charge in [-0.1, -0.05) is 19.9 Å². The molecular formula is C15H23FN2O2. The van der Waals surface area contributed by atoms with Crippen LogP contribution in [0.25, 0.3) is 0 Å². The summed E-state index contributed by atoms with van der Waals surface area (Å²) in [7, 11) is 1.75. The Morgan fingerprint density at radius 2 is 2.25 bits per heavy atom. The van der Waals surface area contributed by atoms with Gasteiger partial charge in [0.2, 0.25) is 5.91 Å². The van der Waals surface area contributed by atoms with E-state index >= 15 is 0 Å². The summed E-state index contributed by atoms with van der Waals surface area (Å²) in [6, 6.07) is 5.98. The van der Waals surface area contributed by atoms with Crippen LogP contribution in [0.2, 0.25) is 0 Å². The maximum Gasteiger partial charge on any atom is 0.226 e. The van der Waals surface area contributed by atoms with Crippen LogP contribution in [-0.4, -0.2) is 44.1 Å². The zero-order chi connectivity index (χ0) is 15.0. The fourth-order valence-corrected chi connectivity index (χ4v) is 1.79. The number of carbonyl (C=O) groups excluding carboxylic acids is 1. The zero-order valence-corrected chi connectivity index (χ0v) is 12.4. The minimum Gasteiger partial charge on any atom is -0.492 e. The van der Waals surface area contributed by atoms with Gasteiger partial charge >= 0.3 is 0 Å². The third-order valence-corrected chi connectivity index (χ3v) is 2.99. The first kappa shape index (κ1) is 16.4. The summed E-state index contributed by atoms with van der Waals surface area (Å²) in [6.07, 6.45) is 0. The van der Waals surface area contributed by atoms with E-state index in [4.69, 9.17) is 4.74 Å². The summed E-state index contributed by atoms with van der Waals surface area (Å²) in [5.74, 6) is 0.167. The lowest BCUT2D eigenvalue weighted by atomic mass is 10.1. The molecule has 0 fully saturated rings. The Labute approximate surface area is 119 Å². The third kappa shape index (κ3) is 5.57. The molecule has 1 unspecified atom stereocenters. The molecule has 0 aliphatic carbocycles. The van der Waals surface area contributed by atoms with E-state index in [1.807, 2.05) is 13.8 Å². The van der Waals surface area contributed by atoms with Crippen molar-refractivity contribution in [3.8, 4) is 5.75 Å². The van der Waals surface area contributed by atoms with Crippen molar-refractivity contribution in [1.29, 1.82) is 0 Å². The van der Waals surface area contributed by atoms with Crippen LogP contribution < -0.4 is 10.1 Å². The molecule has 1 amide bonds. The second-order valence-electron chi connectivity index (χ2n) is 4.77. The molecule has 20 heavy (non-hydrogen) atoms. The number of ether oxygens (including phenoxy) is 1. The van der Waals surface area contributed by atoms with E-state index in [1.54, 1.807) is 24.1 Å². The van der Waals surface area contributed by atoms with E-state index in [0.717, 1.165) is 6.54 Å². The molecule has 0 spiro atoms. The molecule has 1 N–H and O–H groups in total. The fourth-order valence-electron chi connectivity index (χ4n) is 1.79. The molecule has 0 radical (unpaired) electrons. The molecule has 0 aromatic heterocycles. The molecule has 4 nitrogen and oxygen atoms in total. The lowest BCUT2D eigenvalue weighted by molar-refractivity contribution is -0.133. The van der Waals surface area contributed by atoms with Crippen LogP contribution >= 0.6 is 0 Å². The molecular weight excluding hydrogens is 259 g/mol. The van der Waals surface area contributed by atoms with Gasteiger partial charge in [-0.05, 0) is 18.7 Å². The van der Waals surface area contributed by atoms with Gasteiger partial charge in [0, 0.05) is 25.6 Å². The van der Waals surface area contributed by atoms with Crippen LogP contribution in [0.15, 0.2) is 24.3 Å². The molecule has 0 aliphatic rings. The highest BCUT2D eigenvalue weighted by Gasteiger charge is 2.16. The fraction of sp³-hybridized carbons (Fsp3) is 0.533. The first-order valence-corrected chi connectivity index (χ1v) is 6.88. The molecule has 0 heterocycles. The van der Waals surface area contributed by atoms with Crippen LogP contribution in [0.4, 0.5) is 4.39 Å². The summed E-state index contributed by atoms with van der Waals surface area (Å²) in [5, 5.41) is 3.15. The van der Waals surface area contributed by atoms with E-state index in [0.29, 0.717) is 25.4 Å². The average Bonchev–Trinajstić information content (AvgIpc) is 2.43. The number of carbonyl (C=O) groups is 1. The van der Waals surface area contributed by atoms with Crippen LogP contribution in [0, 0.1) is 11.7 Å². The van der Waals surface area contributed by atoms with Gasteiger partial charge < -0.3 is 15.0 Å². The van der Waals surface area contributed by atoms with Gasteiger partial charge in [0.15, 0.2) is 0 Å². The number of amides is 1. The van der Waals surface area contributed by atoms with Crippen LogP contribution in [0.5, 0.6) is 5.75 Å². The number of hydrogen-bond donors (Lipinski definition) is 1. The Morgan fingerprint density at radius 1 is 1.50 bits per heavy atom. The second-order valence-corrected chi connectivity index (χ2v) is 4.77. The monoisotopic (exact) mass is 282 g/mol. The van der Waals surface area contributed by atoms with E-state index in [2.05, 4.69) is 5.32 Å². The zero-order valence-electron chi connectivity index (χ0n) is 12.4. The Balaban J connectivity index is 2.32. The normalized spacial score (nSPS) is 12.0. The molecule has 0 saturated heterocycles. The van der Waals surface area contributed by atoms with E-state index in [-0.39, 0.29) is 17.6 Å². The average molecular weight is 282 g/mol. The Hall–Kier alpha value is -1.62. The number of halogens is 1. The number of likely N-dealkylation sites (N-methyl/N-ethyl adjacent to an activating group) is 1. The van der Waals surface area contributed by atoms with Gasteiger partial charge in [-0.3, -0.25) is 4.79 Å². The largest absolute Gasteiger partial charge is 0.492 e. The maximum absolute atomic E-state index is 13.0. The number of hydrogen-bond acceptors (Lipinski definition) is 3. The number of nitrogens with zero attached hydrogens (tertiary/aromatic N) is 1. The number of rotatable bonds is 8. The Kier molecular flexibility index (Phi) is 7.01. The van der Waals surface area contributed by atoms with Gasteiger partial charge in [-0.15, -0.1) is 0 Å². The smallest absolute Gasteiger partial charge is 0.226 e. The first-order chi connectivity index (χ1) is 9.54. The molecule has 5 heteroatoms. The van der Waals surface area contributed by atoms with Crippen molar-refractivity contribution in [2.75, 3.05) is 33.3 Å². The van der Waals surface area contributed by atoms with Gasteiger partial charge in [0.05, 0.1) is 6.54 Å². The summed E-state index contributed by atoms with van der Waals surface area (Å²) >= 11 is 0. The van der Waals surface area contributed by atoms with Gasteiger partial charge in [0.25, 0.3) is 0 Å². The van der Waals surface area contributed by atoms with Crippen molar-refractivity contribution in [2.24, 2.45) is 5.92 Å². The Morgan fingerprint density at radius 3 is 2.90 bits per heavy atom. The van der Waals surface area contributed by atoms with Gasteiger partial charge in [-0.2, -0.15) is 0 Å². The highest BCUT2D eigenvalue weighted by atomic mass is 19.1. The lowest BCUT2D eigenvalue weighted by Gasteiger charge is -2.21. The van der Waals surface area contributed by atoms with Crippen LogP contribution in [-0.2, 0) is 4.79 Å². The van der Waals surface area contributed by atoms with Crippen molar-refractivity contribution in [2.45, 2.75) is 13.8 Å². The molecule has 0 saturated carbocycles. The topological polar surface area (TPSA) is 41.6 Å². The number of benzene rings is 1. The van der Waals surface area contributed by atoms with E-state index in [9.17, 15) is 9.18 Å². The standard InChI is InChI=1S/C15H23FN2O2/c1-4-17-11-12(2)15(19)18(3)8-9-20-14-7-5-6-13(16)10-14/h5-7,10,12,17H,4,8-9,11H2,1-3H3. The molecule has 1 atom stereocenters. The van der Waals surface area contributed by atoms with Crippen molar-refractivity contribution >= 4 is 5.91 Å². The predicted molar refractivity (Wildman–Crippen MR) is 77.2 cm³/mol. The van der Waals surface area contributed by atoms with Crippen molar-refractivity contribution in [3.63, 3.8) is 0 Å². The molecule has 112 valence electrons. The molecule has 0 bridgehead atoms. The third-order valence-electron chi connectivity index (χ3n) is 2.99. The summed E-state index contributed by atoms with van der Waals surface area (Å²) < 4.78 is 18.4.